The van der Waals surface area contributed by atoms with E-state index in [2.05, 4.69) is 22.8 Å². The molecule has 3 aromatic rings. The van der Waals surface area contributed by atoms with Crippen LogP contribution in [-0.2, 0) is 59.4 Å². The van der Waals surface area contributed by atoms with Crippen LogP contribution < -0.4 is 10.6 Å². The average Bonchev–Trinajstić information content (AvgIpc) is 3.83. The molecule has 2 aliphatic carbocycles. The third-order valence-electron chi connectivity index (χ3n) is 10.9. The van der Waals surface area contributed by atoms with E-state index in [1.54, 1.807) is 49.5 Å². The van der Waals surface area contributed by atoms with E-state index < -0.39 is 47.6 Å². The molecule has 0 aromatic heterocycles. The van der Waals surface area contributed by atoms with Gasteiger partial charge in [-0.2, -0.15) is 5.06 Å². The number of hydrogen-bond donors (Lipinski definition) is 3. The molecule has 3 aliphatic heterocycles. The number of ether oxygens (including phenoxy) is 3. The fourth-order valence-electron chi connectivity index (χ4n) is 8.43. The third-order valence-corrected chi connectivity index (χ3v) is 10.9. The molecular weight excluding hydrogens is 680 g/mol. The summed E-state index contributed by atoms with van der Waals surface area (Å²) in [5.74, 6) is -2.38. The lowest BCUT2D eigenvalue weighted by Gasteiger charge is -2.48. The van der Waals surface area contributed by atoms with Crippen LogP contribution in [0.5, 0.6) is 0 Å². The van der Waals surface area contributed by atoms with Gasteiger partial charge in [-0.25, -0.2) is 0 Å². The van der Waals surface area contributed by atoms with Crippen LogP contribution in [0.15, 0.2) is 78.9 Å². The highest BCUT2D eigenvalue weighted by Gasteiger charge is 2.76. The maximum absolute atomic E-state index is 14.7. The van der Waals surface area contributed by atoms with Gasteiger partial charge in [-0.15, -0.1) is 0 Å². The summed E-state index contributed by atoms with van der Waals surface area (Å²) in [5, 5.41) is 16.4. The van der Waals surface area contributed by atoms with Crippen LogP contribution in [0.3, 0.4) is 0 Å². The number of nitrogens with zero attached hydrogens (tertiary/aromatic N) is 2. The minimum absolute atomic E-state index is 0.0941. The van der Waals surface area contributed by atoms with Gasteiger partial charge in [-0.1, -0.05) is 60.7 Å². The summed E-state index contributed by atoms with van der Waals surface area (Å²) in [4.78, 5) is 61.6. The van der Waals surface area contributed by atoms with Crippen molar-refractivity contribution in [1.82, 2.24) is 20.6 Å². The molecule has 3 amide bonds. The van der Waals surface area contributed by atoms with Gasteiger partial charge >= 0.3 is 5.97 Å². The predicted octanol–water partition coefficient (Wildman–Crippen LogP) is 1.91. The minimum Gasteiger partial charge on any atom is -0.458 e. The molecule has 5 aliphatic rings. The van der Waals surface area contributed by atoms with Gasteiger partial charge in [-0.05, 0) is 46.0 Å². The Morgan fingerprint density at radius 1 is 0.943 bits per heavy atom. The summed E-state index contributed by atoms with van der Waals surface area (Å²) in [6.45, 7) is 0.216. The van der Waals surface area contributed by atoms with Gasteiger partial charge in [0, 0.05) is 58.1 Å². The van der Waals surface area contributed by atoms with Crippen molar-refractivity contribution < 1.29 is 43.3 Å². The molecule has 3 N–H and O–H groups in total. The molecule has 3 aromatic carbocycles. The number of aliphatic hydroxyl groups excluding tert-OH is 1. The Labute approximate surface area is 306 Å². The molecule has 4 fully saturated rings. The van der Waals surface area contributed by atoms with Crippen molar-refractivity contribution in [1.29, 1.82) is 0 Å². The highest BCUT2D eigenvalue weighted by molar-refractivity contribution is 5.95. The van der Waals surface area contributed by atoms with Gasteiger partial charge in [0.2, 0.25) is 11.8 Å². The molecule has 3 heterocycles. The van der Waals surface area contributed by atoms with Crippen molar-refractivity contribution in [2.45, 2.75) is 68.6 Å². The zero-order valence-electron chi connectivity index (χ0n) is 29.5. The van der Waals surface area contributed by atoms with Crippen molar-refractivity contribution in [3.63, 3.8) is 0 Å². The monoisotopic (exact) mass is 722 g/mol. The lowest BCUT2D eigenvalue weighted by atomic mass is 9.62. The summed E-state index contributed by atoms with van der Waals surface area (Å²) in [7, 11) is 3.37. The minimum atomic E-state index is -1.37. The van der Waals surface area contributed by atoms with Crippen LogP contribution in [0.4, 0.5) is 0 Å². The predicted molar refractivity (Wildman–Crippen MR) is 189 cm³/mol. The van der Waals surface area contributed by atoms with Crippen LogP contribution in [0.1, 0.15) is 44.6 Å². The standard InChI is InChI=1S/C40H42N4O9/c1-43(2)31(46)15-14-24-10-12-25(13-11-24)23-44-34-37(48)50-30-21-40(34,38(49)42-22-26-6-5-9-27(18-26)36(47)41-16-17-45)35(53-44)33-32(30)51-39(52-33)19-28-7-3-4-8-29(28)20-39/h3-15,18,30,32-35,45H,16-17,19-23H2,1-2H3,(H,41,47)(H,42,49)/t30-,32+,33+,34+,35-,40+/m1/s1. The molecule has 13 heteroatoms. The van der Waals surface area contributed by atoms with Gasteiger partial charge in [0.25, 0.3) is 5.91 Å². The van der Waals surface area contributed by atoms with Gasteiger partial charge < -0.3 is 34.9 Å². The quantitative estimate of drug-likeness (QED) is 0.209. The van der Waals surface area contributed by atoms with Crippen LogP contribution in [0, 0.1) is 5.41 Å². The van der Waals surface area contributed by atoms with E-state index in [0.29, 0.717) is 24.0 Å². The second-order valence-corrected chi connectivity index (χ2v) is 14.6. The van der Waals surface area contributed by atoms with Crippen molar-refractivity contribution in [3.8, 4) is 0 Å². The molecule has 13 nitrogen and oxygen atoms in total. The molecule has 1 saturated carbocycles. The van der Waals surface area contributed by atoms with Crippen LogP contribution >= 0.6 is 0 Å². The number of rotatable bonds is 10. The number of nitrogens with one attached hydrogen (secondary N) is 2. The number of benzene rings is 3. The highest BCUT2D eigenvalue weighted by Crippen LogP contribution is 2.58. The fraction of sp³-hybridized carbons (Fsp3) is 0.400. The number of hydroxylamine groups is 2. The van der Waals surface area contributed by atoms with Crippen molar-refractivity contribution in [3.05, 3.63) is 112 Å². The van der Waals surface area contributed by atoms with Crippen LogP contribution in [0.2, 0.25) is 0 Å². The van der Waals surface area contributed by atoms with E-state index >= 15 is 0 Å². The largest absolute Gasteiger partial charge is 0.458 e. The van der Waals surface area contributed by atoms with Crippen molar-refractivity contribution in [2.75, 3.05) is 27.2 Å². The Balaban J connectivity index is 1.08. The first kappa shape index (κ1) is 35.1. The summed E-state index contributed by atoms with van der Waals surface area (Å²) in [5.41, 5.74) is 3.61. The molecule has 3 saturated heterocycles. The summed E-state index contributed by atoms with van der Waals surface area (Å²) in [6, 6.07) is 21.4. The zero-order valence-corrected chi connectivity index (χ0v) is 29.5. The summed E-state index contributed by atoms with van der Waals surface area (Å²) >= 11 is 0. The number of carbonyl (C=O) groups is 4. The fourth-order valence-corrected chi connectivity index (χ4v) is 8.43. The maximum Gasteiger partial charge on any atom is 0.327 e. The number of aliphatic hydroxyl groups is 1. The highest BCUT2D eigenvalue weighted by atomic mass is 16.8. The van der Waals surface area contributed by atoms with Crippen LogP contribution in [0.25, 0.3) is 6.08 Å². The number of amides is 3. The zero-order chi connectivity index (χ0) is 36.9. The van der Waals surface area contributed by atoms with Gasteiger partial charge in [0.1, 0.15) is 29.8 Å². The lowest BCUT2D eigenvalue weighted by Crippen LogP contribution is -2.69. The second-order valence-electron chi connectivity index (χ2n) is 14.6. The van der Waals surface area contributed by atoms with E-state index in [1.807, 2.05) is 36.4 Å². The molecular formula is C40H42N4O9. The summed E-state index contributed by atoms with van der Waals surface area (Å²) < 4.78 is 19.6. The molecule has 2 bridgehead atoms. The van der Waals surface area contributed by atoms with E-state index in [1.165, 1.54) is 11.0 Å². The average molecular weight is 723 g/mol. The Morgan fingerprint density at radius 2 is 1.68 bits per heavy atom. The molecule has 276 valence electrons. The number of fused-ring (bicyclic) bond motifs is 5. The normalized spacial score (nSPS) is 27.7. The third kappa shape index (κ3) is 6.32. The second kappa shape index (κ2) is 13.8. The SMILES string of the molecule is CN(C)C(=O)C=Cc1ccc(CN2O[C@@H]3[C@H]4OC5(Cc6ccccc6C5)O[C@H]4[C@H]4C[C@]3(C(=O)NCc3cccc(C(=O)NCCO)c3)[C@@H]2C(=O)O4)cc1. The molecule has 0 radical (unpaired) electrons. The Morgan fingerprint density at radius 3 is 2.40 bits per heavy atom. The van der Waals surface area contributed by atoms with Gasteiger partial charge in [0.15, 0.2) is 11.8 Å². The smallest absolute Gasteiger partial charge is 0.327 e. The first-order chi connectivity index (χ1) is 25.6. The Hall–Kier alpha value is -4.92. The topological polar surface area (TPSA) is 156 Å². The van der Waals surface area contributed by atoms with Gasteiger partial charge in [0.05, 0.1) is 13.2 Å². The van der Waals surface area contributed by atoms with E-state index in [4.69, 9.17) is 24.2 Å². The first-order valence-corrected chi connectivity index (χ1v) is 17.9. The lowest BCUT2D eigenvalue weighted by molar-refractivity contribution is -0.217. The Bertz CT molecular complexity index is 1940. The number of carbonyl (C=O) groups excluding carboxylic acids is 4. The number of esters is 1. The maximum atomic E-state index is 14.7. The molecule has 53 heavy (non-hydrogen) atoms. The molecule has 1 spiro atoms. The van der Waals surface area contributed by atoms with Crippen molar-refractivity contribution in [2.24, 2.45) is 5.41 Å². The van der Waals surface area contributed by atoms with Gasteiger partial charge in [-0.3, -0.25) is 24.0 Å². The molecule has 0 unspecified atom stereocenters. The van der Waals surface area contributed by atoms with E-state index in [0.717, 1.165) is 22.3 Å². The summed E-state index contributed by atoms with van der Waals surface area (Å²) in [6.07, 6.45) is 1.54. The number of likely N-dealkylation sites (N-methyl/N-ethyl adjacent to an activating group) is 1. The van der Waals surface area contributed by atoms with E-state index in [9.17, 15) is 19.2 Å². The Kier molecular flexibility index (Phi) is 9.15. The number of hydrogen-bond acceptors (Lipinski definition) is 10. The molecule has 8 rings (SSSR count). The van der Waals surface area contributed by atoms with Crippen LogP contribution in [-0.4, -0.2) is 102 Å². The molecule has 6 atom stereocenters. The van der Waals surface area contributed by atoms with Crippen molar-refractivity contribution >= 4 is 29.8 Å². The van der Waals surface area contributed by atoms with E-state index in [-0.39, 0.29) is 50.4 Å². The first-order valence-electron chi connectivity index (χ1n) is 17.9.